The van der Waals surface area contributed by atoms with Crippen molar-refractivity contribution in [2.75, 3.05) is 4.90 Å². The van der Waals surface area contributed by atoms with Gasteiger partial charge in [0, 0.05) is 33.4 Å². The Morgan fingerprint density at radius 2 is 0.677 bits per heavy atom. The zero-order valence-corrected chi connectivity index (χ0v) is 34.1. The third-order valence-corrected chi connectivity index (χ3v) is 12.0. The van der Waals surface area contributed by atoms with E-state index in [1.54, 1.807) is 0 Å². The fraction of sp³-hybridized carbons (Fsp3) is 0. The molecule has 0 radical (unpaired) electrons. The zero-order chi connectivity index (χ0) is 41.2. The summed E-state index contributed by atoms with van der Waals surface area (Å²) >= 11 is 0. The molecule has 0 spiro atoms. The van der Waals surface area contributed by atoms with Crippen LogP contribution in [0.15, 0.2) is 255 Å². The molecule has 0 saturated carbocycles. The Morgan fingerprint density at radius 3 is 1.32 bits per heavy atom. The Bertz CT molecular complexity index is 3290. The lowest BCUT2D eigenvalue weighted by Gasteiger charge is -2.28. The molecule has 2 heteroatoms. The van der Waals surface area contributed by atoms with Gasteiger partial charge in [-0.25, -0.2) is 0 Å². The second-order valence-corrected chi connectivity index (χ2v) is 15.7. The summed E-state index contributed by atoms with van der Waals surface area (Å²) in [7, 11) is 0. The molecule has 11 aromatic rings. The van der Waals surface area contributed by atoms with Crippen molar-refractivity contribution in [2.24, 2.45) is 0 Å². The van der Waals surface area contributed by atoms with Gasteiger partial charge in [0.15, 0.2) is 0 Å². The van der Waals surface area contributed by atoms with Gasteiger partial charge in [-0.2, -0.15) is 0 Å². The average Bonchev–Trinajstić information content (AvgIpc) is 3.70. The Labute approximate surface area is 362 Å². The SMILES string of the molecule is c1ccc(-c2ccc(-c3ccc(N(c4ccc(-c5ccccc5-c5cccc6c5c5ccccc5n6-c5ccccc5)cc4)c4ccccc4-c4ccccc4)cc3)cc2)cc1. The first-order chi connectivity index (χ1) is 30.8. The van der Waals surface area contributed by atoms with Crippen LogP contribution in [-0.4, -0.2) is 4.57 Å². The van der Waals surface area contributed by atoms with E-state index in [1.807, 2.05) is 0 Å². The van der Waals surface area contributed by atoms with E-state index in [0.29, 0.717) is 0 Å². The minimum absolute atomic E-state index is 1.09. The van der Waals surface area contributed by atoms with Crippen molar-refractivity contribution in [3.8, 4) is 61.3 Å². The average molecular weight is 791 g/mol. The number of fused-ring (bicyclic) bond motifs is 3. The Kier molecular flexibility index (Phi) is 9.57. The topological polar surface area (TPSA) is 8.17 Å². The number of anilines is 3. The normalized spacial score (nSPS) is 11.2. The minimum Gasteiger partial charge on any atom is -0.310 e. The highest BCUT2D eigenvalue weighted by molar-refractivity contribution is 6.16. The van der Waals surface area contributed by atoms with Gasteiger partial charge in [-0.3, -0.25) is 0 Å². The third kappa shape index (κ3) is 6.74. The zero-order valence-electron chi connectivity index (χ0n) is 34.1. The predicted molar refractivity (Wildman–Crippen MR) is 263 cm³/mol. The molecule has 1 heterocycles. The number of benzene rings is 10. The van der Waals surface area contributed by atoms with Crippen molar-refractivity contribution in [1.29, 1.82) is 0 Å². The Balaban J connectivity index is 0.999. The van der Waals surface area contributed by atoms with E-state index in [2.05, 4.69) is 264 Å². The van der Waals surface area contributed by atoms with E-state index in [9.17, 15) is 0 Å². The van der Waals surface area contributed by atoms with Crippen LogP contribution in [0.2, 0.25) is 0 Å². The molecule has 10 aromatic carbocycles. The summed E-state index contributed by atoms with van der Waals surface area (Å²) in [6, 6.07) is 91.9. The van der Waals surface area contributed by atoms with E-state index in [0.717, 1.165) is 22.7 Å². The first-order valence-corrected chi connectivity index (χ1v) is 21.3. The number of rotatable bonds is 9. The van der Waals surface area contributed by atoms with Gasteiger partial charge in [0.25, 0.3) is 0 Å². The smallest absolute Gasteiger partial charge is 0.0547 e. The van der Waals surface area contributed by atoms with E-state index >= 15 is 0 Å². The van der Waals surface area contributed by atoms with Crippen molar-refractivity contribution in [2.45, 2.75) is 0 Å². The van der Waals surface area contributed by atoms with Crippen LogP contribution in [0, 0.1) is 0 Å². The van der Waals surface area contributed by atoms with E-state index < -0.39 is 0 Å². The van der Waals surface area contributed by atoms with Crippen LogP contribution in [0.4, 0.5) is 17.1 Å². The van der Waals surface area contributed by atoms with Crippen LogP contribution >= 0.6 is 0 Å². The molecule has 0 saturated heterocycles. The number of para-hydroxylation sites is 3. The van der Waals surface area contributed by atoms with Gasteiger partial charge in [0.05, 0.1) is 16.7 Å². The second-order valence-electron chi connectivity index (χ2n) is 15.7. The van der Waals surface area contributed by atoms with Gasteiger partial charge in [0.2, 0.25) is 0 Å². The molecule has 0 aliphatic heterocycles. The molecule has 0 aliphatic carbocycles. The summed E-state index contributed by atoms with van der Waals surface area (Å²) in [6.07, 6.45) is 0. The summed E-state index contributed by atoms with van der Waals surface area (Å²) in [5.41, 5.74) is 18.8. The molecule has 62 heavy (non-hydrogen) atoms. The van der Waals surface area contributed by atoms with Crippen LogP contribution in [0.1, 0.15) is 0 Å². The first-order valence-electron chi connectivity index (χ1n) is 21.3. The molecule has 0 aliphatic rings. The van der Waals surface area contributed by atoms with Crippen molar-refractivity contribution in [1.82, 2.24) is 4.57 Å². The molecule has 2 nitrogen and oxygen atoms in total. The lowest BCUT2D eigenvalue weighted by atomic mass is 9.91. The largest absolute Gasteiger partial charge is 0.310 e. The summed E-state index contributed by atoms with van der Waals surface area (Å²) in [5.74, 6) is 0. The maximum Gasteiger partial charge on any atom is 0.0547 e. The maximum absolute atomic E-state index is 2.39. The molecule has 0 atom stereocenters. The molecule has 1 aromatic heterocycles. The predicted octanol–water partition coefficient (Wildman–Crippen LogP) is 16.6. The van der Waals surface area contributed by atoms with Crippen LogP contribution in [0.5, 0.6) is 0 Å². The van der Waals surface area contributed by atoms with Crippen LogP contribution in [-0.2, 0) is 0 Å². The van der Waals surface area contributed by atoms with E-state index in [-0.39, 0.29) is 0 Å². The minimum atomic E-state index is 1.09. The first kappa shape index (κ1) is 36.8. The van der Waals surface area contributed by atoms with Crippen molar-refractivity contribution < 1.29 is 0 Å². The van der Waals surface area contributed by atoms with E-state index in [4.69, 9.17) is 0 Å². The molecule has 11 rings (SSSR count). The fourth-order valence-corrected chi connectivity index (χ4v) is 9.11. The Hall–Kier alpha value is -8.20. The van der Waals surface area contributed by atoms with Crippen molar-refractivity contribution >= 4 is 38.9 Å². The summed E-state index contributed by atoms with van der Waals surface area (Å²) in [6.45, 7) is 0. The molecule has 0 N–H and O–H groups in total. The highest BCUT2D eigenvalue weighted by atomic mass is 15.1. The molecular weight excluding hydrogens is 749 g/mol. The third-order valence-electron chi connectivity index (χ3n) is 12.0. The molecule has 0 amide bonds. The van der Waals surface area contributed by atoms with Crippen LogP contribution < -0.4 is 4.90 Å². The summed E-state index contributed by atoms with van der Waals surface area (Å²) in [4.78, 5) is 2.39. The quantitative estimate of drug-likeness (QED) is 0.141. The van der Waals surface area contributed by atoms with Crippen molar-refractivity contribution in [3.63, 3.8) is 0 Å². The van der Waals surface area contributed by atoms with Gasteiger partial charge >= 0.3 is 0 Å². The maximum atomic E-state index is 2.39. The van der Waals surface area contributed by atoms with Crippen molar-refractivity contribution in [3.05, 3.63) is 255 Å². The summed E-state index contributed by atoms with van der Waals surface area (Å²) < 4.78 is 2.39. The van der Waals surface area contributed by atoms with Gasteiger partial charge < -0.3 is 9.47 Å². The molecule has 0 bridgehead atoms. The molecular formula is C60H42N2. The van der Waals surface area contributed by atoms with Crippen LogP contribution in [0.25, 0.3) is 83.1 Å². The standard InChI is InChI=1S/C60H42N2/c1-4-17-43(18-5-1)44-31-33-45(34-32-44)46-35-39-50(40-36-46)61(57-28-14-12-24-53(57)47-19-6-2-7-20-47)51-41-37-48(38-42-51)52-23-10-11-25-54(52)55-27-16-30-59-60(55)56-26-13-15-29-58(56)62(59)49-21-8-3-9-22-49/h1-42H. The van der Waals surface area contributed by atoms with Gasteiger partial charge in [-0.1, -0.05) is 200 Å². The van der Waals surface area contributed by atoms with Gasteiger partial charge in [-0.05, 0) is 105 Å². The lowest BCUT2D eigenvalue weighted by Crippen LogP contribution is -2.11. The van der Waals surface area contributed by atoms with Crippen LogP contribution in [0.3, 0.4) is 0 Å². The van der Waals surface area contributed by atoms with E-state index in [1.165, 1.54) is 77.4 Å². The summed E-state index contributed by atoms with van der Waals surface area (Å²) in [5, 5.41) is 2.50. The number of hydrogen-bond donors (Lipinski definition) is 0. The second kappa shape index (κ2) is 16.1. The molecule has 292 valence electrons. The molecule has 0 unspecified atom stereocenters. The number of hydrogen-bond acceptors (Lipinski definition) is 1. The Morgan fingerprint density at radius 1 is 0.258 bits per heavy atom. The molecule has 0 fully saturated rings. The lowest BCUT2D eigenvalue weighted by molar-refractivity contribution is 1.18. The monoisotopic (exact) mass is 790 g/mol. The van der Waals surface area contributed by atoms with Gasteiger partial charge in [0.1, 0.15) is 0 Å². The number of nitrogens with zero attached hydrogens (tertiary/aromatic N) is 2. The fourth-order valence-electron chi connectivity index (χ4n) is 9.11. The highest BCUT2D eigenvalue weighted by Crippen LogP contribution is 2.44. The van der Waals surface area contributed by atoms with Gasteiger partial charge in [-0.15, -0.1) is 0 Å². The number of aromatic nitrogens is 1. The highest BCUT2D eigenvalue weighted by Gasteiger charge is 2.20.